The summed E-state index contributed by atoms with van der Waals surface area (Å²) < 4.78 is 0. The molecule has 0 atom stereocenters. The van der Waals surface area contributed by atoms with Crippen LogP contribution in [0.2, 0.25) is 0 Å². The number of amides is 1. The summed E-state index contributed by atoms with van der Waals surface area (Å²) in [7, 11) is 0. The van der Waals surface area contributed by atoms with Gasteiger partial charge >= 0.3 is 0 Å². The monoisotopic (exact) mass is 410 g/mol. The van der Waals surface area contributed by atoms with Crippen molar-refractivity contribution in [2.45, 2.75) is 37.8 Å². The van der Waals surface area contributed by atoms with Gasteiger partial charge in [0.2, 0.25) is 5.95 Å². The van der Waals surface area contributed by atoms with E-state index in [9.17, 15) is 4.79 Å². The zero-order valence-electron chi connectivity index (χ0n) is 17.1. The van der Waals surface area contributed by atoms with E-state index in [1.807, 2.05) is 12.1 Å². The highest BCUT2D eigenvalue weighted by Crippen LogP contribution is 2.24. The number of carbonyl (C=O) groups is 1. The van der Waals surface area contributed by atoms with Crippen LogP contribution in [0.1, 0.15) is 36.0 Å². The maximum absolute atomic E-state index is 11.8. The molecule has 1 saturated heterocycles. The molecule has 2 fully saturated rings. The molecule has 7 N–H and O–H groups in total. The van der Waals surface area contributed by atoms with Gasteiger partial charge in [0.15, 0.2) is 0 Å². The molecule has 30 heavy (non-hydrogen) atoms. The smallest absolute Gasteiger partial charge is 0.254 e. The summed E-state index contributed by atoms with van der Waals surface area (Å²) in [5.74, 6) is 0.347. The van der Waals surface area contributed by atoms with Crippen LogP contribution in [0.3, 0.4) is 0 Å². The Bertz CT molecular complexity index is 858. The van der Waals surface area contributed by atoms with Gasteiger partial charge in [0.1, 0.15) is 5.82 Å². The van der Waals surface area contributed by atoms with Crippen LogP contribution in [0.25, 0.3) is 0 Å². The molecule has 1 amide bonds. The third-order valence-corrected chi connectivity index (χ3v) is 5.77. The van der Waals surface area contributed by atoms with E-state index in [2.05, 4.69) is 43.0 Å². The first kappa shape index (κ1) is 20.4. The predicted octanol–water partition coefficient (Wildman–Crippen LogP) is 1.41. The van der Waals surface area contributed by atoms with Crippen molar-refractivity contribution < 1.29 is 4.79 Å². The van der Waals surface area contributed by atoms with Crippen molar-refractivity contribution in [2.24, 2.45) is 11.5 Å². The molecule has 1 aliphatic heterocycles. The van der Waals surface area contributed by atoms with Crippen LogP contribution < -0.4 is 32.3 Å². The Morgan fingerprint density at radius 3 is 2.47 bits per heavy atom. The molecule has 0 unspecified atom stereocenters. The van der Waals surface area contributed by atoms with Gasteiger partial charge in [-0.3, -0.25) is 4.79 Å². The van der Waals surface area contributed by atoms with Gasteiger partial charge < -0.3 is 32.3 Å². The highest BCUT2D eigenvalue weighted by molar-refractivity contribution is 5.97. The molecule has 2 aliphatic rings. The standard InChI is InChI=1S/C21H30N8O/c22-14-1-3-15(4-2-14)26-20-18(19(23)30)13-25-21(28-20)27-16-5-7-17(8-6-16)29-11-9-24-10-12-29/h5-8,13-15,24H,1-4,9-12,22H2,(H2,23,30)(H2,25,26,27,28)/t14-,15-. The van der Waals surface area contributed by atoms with E-state index in [0.717, 1.165) is 57.5 Å². The summed E-state index contributed by atoms with van der Waals surface area (Å²) >= 11 is 0. The second kappa shape index (κ2) is 9.27. The molecule has 0 bridgehead atoms. The molecule has 1 saturated carbocycles. The quantitative estimate of drug-likeness (QED) is 0.483. The number of rotatable bonds is 6. The van der Waals surface area contributed by atoms with E-state index in [-0.39, 0.29) is 12.1 Å². The summed E-state index contributed by atoms with van der Waals surface area (Å²) in [4.78, 5) is 23.0. The first-order chi connectivity index (χ1) is 14.6. The van der Waals surface area contributed by atoms with Crippen LogP contribution >= 0.6 is 0 Å². The van der Waals surface area contributed by atoms with Crippen LogP contribution in [-0.2, 0) is 0 Å². The van der Waals surface area contributed by atoms with Gasteiger partial charge in [0.05, 0.1) is 5.56 Å². The first-order valence-corrected chi connectivity index (χ1v) is 10.6. The number of primary amides is 1. The van der Waals surface area contributed by atoms with Crippen LogP contribution in [0, 0.1) is 0 Å². The maximum Gasteiger partial charge on any atom is 0.254 e. The molecule has 2 aromatic rings. The lowest BCUT2D eigenvalue weighted by Gasteiger charge is -2.29. The van der Waals surface area contributed by atoms with Gasteiger partial charge in [-0.25, -0.2) is 4.98 Å². The largest absolute Gasteiger partial charge is 0.369 e. The molecule has 1 aromatic carbocycles. The average molecular weight is 411 g/mol. The summed E-state index contributed by atoms with van der Waals surface area (Å²) in [6.45, 7) is 4.02. The Morgan fingerprint density at radius 1 is 1.10 bits per heavy atom. The third-order valence-electron chi connectivity index (χ3n) is 5.77. The van der Waals surface area contributed by atoms with Gasteiger partial charge in [0, 0.05) is 55.8 Å². The summed E-state index contributed by atoms with van der Waals surface area (Å²) in [6, 6.07) is 8.69. The number of piperazine rings is 1. The Kier molecular flexibility index (Phi) is 6.29. The predicted molar refractivity (Wildman–Crippen MR) is 119 cm³/mol. The van der Waals surface area contributed by atoms with Crippen molar-refractivity contribution in [1.82, 2.24) is 15.3 Å². The minimum Gasteiger partial charge on any atom is -0.369 e. The third kappa shape index (κ3) is 4.98. The molecule has 0 spiro atoms. The fraction of sp³-hybridized carbons (Fsp3) is 0.476. The van der Waals surface area contributed by atoms with Crippen molar-refractivity contribution >= 4 is 29.0 Å². The highest BCUT2D eigenvalue weighted by atomic mass is 16.1. The normalized spacial score (nSPS) is 21.8. The fourth-order valence-electron chi connectivity index (χ4n) is 4.00. The molecule has 4 rings (SSSR count). The van der Waals surface area contributed by atoms with Gasteiger partial charge in [-0.2, -0.15) is 4.98 Å². The van der Waals surface area contributed by atoms with Gasteiger partial charge in [0.25, 0.3) is 5.91 Å². The van der Waals surface area contributed by atoms with Crippen LogP contribution in [0.4, 0.5) is 23.1 Å². The number of hydrogen-bond donors (Lipinski definition) is 5. The van der Waals surface area contributed by atoms with E-state index in [4.69, 9.17) is 11.5 Å². The molecule has 160 valence electrons. The number of hydrogen-bond acceptors (Lipinski definition) is 8. The van der Waals surface area contributed by atoms with Gasteiger partial charge in [-0.1, -0.05) is 0 Å². The maximum atomic E-state index is 11.8. The second-order valence-electron chi connectivity index (χ2n) is 7.99. The lowest BCUT2D eigenvalue weighted by atomic mass is 9.92. The number of nitrogens with zero attached hydrogens (tertiary/aromatic N) is 3. The molecular formula is C21H30N8O. The lowest BCUT2D eigenvalue weighted by molar-refractivity contribution is 0.100. The SMILES string of the molecule is NC(=O)c1cnc(Nc2ccc(N3CCNCC3)cc2)nc1N[C@H]1CC[C@H](N)CC1. The first-order valence-electron chi connectivity index (χ1n) is 10.6. The fourth-order valence-corrected chi connectivity index (χ4v) is 4.00. The van der Waals surface area contributed by atoms with Crippen LogP contribution in [-0.4, -0.2) is 54.1 Å². The van der Waals surface area contributed by atoms with Gasteiger partial charge in [-0.15, -0.1) is 0 Å². The van der Waals surface area contributed by atoms with E-state index in [1.54, 1.807) is 0 Å². The topological polar surface area (TPSA) is 134 Å². The van der Waals surface area contributed by atoms with Crippen molar-refractivity contribution in [3.05, 3.63) is 36.0 Å². The average Bonchev–Trinajstić information content (AvgIpc) is 2.76. The Hall–Kier alpha value is -2.91. The molecule has 9 heteroatoms. The number of nitrogens with one attached hydrogen (secondary N) is 3. The van der Waals surface area contributed by atoms with Crippen molar-refractivity contribution in [2.75, 3.05) is 41.7 Å². The lowest BCUT2D eigenvalue weighted by Crippen LogP contribution is -2.43. The van der Waals surface area contributed by atoms with Crippen molar-refractivity contribution in [3.8, 4) is 0 Å². The Labute approximate surface area is 176 Å². The van der Waals surface area contributed by atoms with E-state index in [0.29, 0.717) is 17.3 Å². The molecule has 1 aromatic heterocycles. The summed E-state index contributed by atoms with van der Waals surface area (Å²) in [5, 5.41) is 9.95. The van der Waals surface area contributed by atoms with Crippen LogP contribution in [0.15, 0.2) is 30.5 Å². The molecule has 9 nitrogen and oxygen atoms in total. The molecular weight excluding hydrogens is 380 g/mol. The number of anilines is 4. The molecule has 1 aliphatic carbocycles. The van der Waals surface area contributed by atoms with E-state index in [1.165, 1.54) is 11.9 Å². The van der Waals surface area contributed by atoms with E-state index >= 15 is 0 Å². The zero-order chi connectivity index (χ0) is 20.9. The number of aromatic nitrogens is 2. The van der Waals surface area contributed by atoms with E-state index < -0.39 is 5.91 Å². The number of benzene rings is 1. The van der Waals surface area contributed by atoms with Crippen LogP contribution in [0.5, 0.6) is 0 Å². The van der Waals surface area contributed by atoms with Gasteiger partial charge in [-0.05, 0) is 49.9 Å². The zero-order valence-corrected chi connectivity index (χ0v) is 17.1. The Balaban J connectivity index is 1.46. The number of nitrogens with two attached hydrogens (primary N) is 2. The Morgan fingerprint density at radius 2 is 1.80 bits per heavy atom. The van der Waals surface area contributed by atoms with Crippen molar-refractivity contribution in [1.29, 1.82) is 0 Å². The minimum absolute atomic E-state index is 0.226. The molecule has 0 radical (unpaired) electrons. The number of carbonyl (C=O) groups excluding carboxylic acids is 1. The van der Waals surface area contributed by atoms with Crippen molar-refractivity contribution in [3.63, 3.8) is 0 Å². The molecule has 2 heterocycles. The summed E-state index contributed by atoms with van der Waals surface area (Å²) in [6.07, 6.45) is 5.28. The minimum atomic E-state index is -0.545. The summed E-state index contributed by atoms with van der Waals surface area (Å²) in [5.41, 5.74) is 13.9. The second-order valence-corrected chi connectivity index (χ2v) is 7.99. The highest BCUT2D eigenvalue weighted by Gasteiger charge is 2.21.